The van der Waals surface area contributed by atoms with Gasteiger partial charge >= 0.3 is 0 Å². The Kier molecular flexibility index (Phi) is 3.45. The molecule has 1 aliphatic heterocycles. The van der Waals surface area contributed by atoms with Gasteiger partial charge in [0.25, 0.3) is 0 Å². The lowest BCUT2D eigenvalue weighted by Crippen LogP contribution is -2.49. The second kappa shape index (κ2) is 4.71. The number of hydrogen-bond acceptors (Lipinski definition) is 4. The zero-order chi connectivity index (χ0) is 12.5. The van der Waals surface area contributed by atoms with E-state index in [9.17, 15) is 13.2 Å². The SMILES string of the molecule is O=C1CN(S(=O)(=O)c2cncc(Br)c2)CCN1. The average Bonchev–Trinajstić information content (AvgIpc) is 2.29. The predicted octanol–water partition coefficient (Wildman–Crippen LogP) is -0.0354. The molecule has 92 valence electrons. The van der Waals surface area contributed by atoms with Gasteiger partial charge in [0.1, 0.15) is 4.90 Å². The fourth-order valence-electron chi connectivity index (χ4n) is 1.50. The first-order valence-electron chi connectivity index (χ1n) is 4.87. The minimum absolute atomic E-state index is 0.0848. The first-order valence-corrected chi connectivity index (χ1v) is 7.11. The largest absolute Gasteiger partial charge is 0.354 e. The third-order valence-corrected chi connectivity index (χ3v) is 4.57. The molecule has 1 N–H and O–H groups in total. The molecule has 0 unspecified atom stereocenters. The maximum atomic E-state index is 12.2. The maximum Gasteiger partial charge on any atom is 0.245 e. The van der Waals surface area contributed by atoms with Crippen LogP contribution in [0.5, 0.6) is 0 Å². The van der Waals surface area contributed by atoms with Crippen LogP contribution in [0.15, 0.2) is 27.8 Å². The van der Waals surface area contributed by atoms with E-state index >= 15 is 0 Å². The molecule has 0 aliphatic carbocycles. The van der Waals surface area contributed by atoms with Crippen molar-refractivity contribution in [1.29, 1.82) is 0 Å². The van der Waals surface area contributed by atoms with Crippen LogP contribution in [0.25, 0.3) is 0 Å². The van der Waals surface area contributed by atoms with Crippen LogP contribution in [0.2, 0.25) is 0 Å². The molecule has 1 amide bonds. The normalized spacial score (nSPS) is 17.8. The monoisotopic (exact) mass is 319 g/mol. The number of pyridine rings is 1. The van der Waals surface area contributed by atoms with Crippen molar-refractivity contribution in [1.82, 2.24) is 14.6 Å². The molecule has 1 saturated heterocycles. The molecule has 1 aromatic heterocycles. The first kappa shape index (κ1) is 12.5. The first-order chi connectivity index (χ1) is 8.00. The van der Waals surface area contributed by atoms with Gasteiger partial charge in [-0.25, -0.2) is 8.42 Å². The molecule has 0 aromatic carbocycles. The fraction of sp³-hybridized carbons (Fsp3) is 0.333. The minimum Gasteiger partial charge on any atom is -0.354 e. The number of hydrogen-bond donors (Lipinski definition) is 1. The molecule has 0 radical (unpaired) electrons. The molecule has 1 aliphatic rings. The van der Waals surface area contributed by atoms with Crippen molar-refractivity contribution in [2.45, 2.75) is 4.90 Å². The van der Waals surface area contributed by atoms with E-state index in [1.165, 1.54) is 18.5 Å². The molecule has 1 aromatic rings. The highest BCUT2D eigenvalue weighted by molar-refractivity contribution is 9.10. The molecule has 8 heteroatoms. The van der Waals surface area contributed by atoms with Gasteiger partial charge in [-0.15, -0.1) is 0 Å². The van der Waals surface area contributed by atoms with E-state index in [1.807, 2.05) is 0 Å². The van der Waals surface area contributed by atoms with Gasteiger partial charge in [-0.1, -0.05) is 0 Å². The van der Waals surface area contributed by atoms with Crippen molar-refractivity contribution in [3.63, 3.8) is 0 Å². The standard InChI is InChI=1S/C9H10BrN3O3S/c10-7-3-8(5-11-4-7)17(15,16)13-2-1-12-9(14)6-13/h3-5H,1-2,6H2,(H,12,14). The Hall–Kier alpha value is -0.990. The van der Waals surface area contributed by atoms with Crippen molar-refractivity contribution in [2.75, 3.05) is 19.6 Å². The zero-order valence-electron chi connectivity index (χ0n) is 8.76. The van der Waals surface area contributed by atoms with Crippen LogP contribution in [-0.2, 0) is 14.8 Å². The molecular formula is C9H10BrN3O3S. The second-order valence-corrected chi connectivity index (χ2v) is 6.38. The number of sulfonamides is 1. The van der Waals surface area contributed by atoms with Crippen molar-refractivity contribution >= 4 is 31.9 Å². The Morgan fingerprint density at radius 2 is 2.18 bits per heavy atom. The van der Waals surface area contributed by atoms with E-state index in [-0.39, 0.29) is 23.9 Å². The zero-order valence-corrected chi connectivity index (χ0v) is 11.2. The molecular weight excluding hydrogens is 310 g/mol. The van der Waals surface area contributed by atoms with Crippen molar-refractivity contribution in [2.24, 2.45) is 0 Å². The summed E-state index contributed by atoms with van der Waals surface area (Å²) in [6, 6.07) is 1.47. The van der Waals surface area contributed by atoms with E-state index in [4.69, 9.17) is 0 Å². The fourth-order valence-corrected chi connectivity index (χ4v) is 3.41. The van der Waals surface area contributed by atoms with Gasteiger partial charge in [0, 0.05) is 30.0 Å². The number of rotatable bonds is 2. The molecule has 17 heavy (non-hydrogen) atoms. The summed E-state index contributed by atoms with van der Waals surface area (Å²) in [6.07, 6.45) is 2.77. The molecule has 2 rings (SSSR count). The molecule has 2 heterocycles. The number of carbonyl (C=O) groups excluding carboxylic acids is 1. The summed E-state index contributed by atoms with van der Waals surface area (Å²) in [4.78, 5) is 15.1. The lowest BCUT2D eigenvalue weighted by Gasteiger charge is -2.25. The summed E-state index contributed by atoms with van der Waals surface area (Å²) in [5.74, 6) is -0.289. The number of aromatic nitrogens is 1. The third kappa shape index (κ3) is 2.64. The topological polar surface area (TPSA) is 79.4 Å². The van der Waals surface area contributed by atoms with Gasteiger partial charge in [0.05, 0.1) is 6.54 Å². The summed E-state index contributed by atoms with van der Waals surface area (Å²) < 4.78 is 26.1. The van der Waals surface area contributed by atoms with Crippen LogP contribution >= 0.6 is 15.9 Å². The van der Waals surface area contributed by atoms with E-state index in [1.54, 1.807) is 0 Å². The van der Waals surface area contributed by atoms with Gasteiger partial charge in [0.2, 0.25) is 15.9 Å². The summed E-state index contributed by atoms with van der Waals surface area (Å²) in [6.45, 7) is 0.467. The molecule has 0 atom stereocenters. The van der Waals surface area contributed by atoms with Crippen LogP contribution in [0, 0.1) is 0 Å². The van der Waals surface area contributed by atoms with Gasteiger partial charge in [-0.2, -0.15) is 4.31 Å². The highest BCUT2D eigenvalue weighted by atomic mass is 79.9. The lowest BCUT2D eigenvalue weighted by atomic mass is 10.4. The van der Waals surface area contributed by atoms with Crippen LogP contribution < -0.4 is 5.32 Å². The number of nitrogens with zero attached hydrogens (tertiary/aromatic N) is 2. The Morgan fingerprint density at radius 3 is 2.82 bits per heavy atom. The van der Waals surface area contributed by atoms with Gasteiger partial charge < -0.3 is 5.32 Å². The van der Waals surface area contributed by atoms with Gasteiger partial charge in [-0.05, 0) is 22.0 Å². The van der Waals surface area contributed by atoms with Crippen molar-refractivity contribution in [3.05, 3.63) is 22.9 Å². The quantitative estimate of drug-likeness (QED) is 0.830. The Balaban J connectivity index is 2.33. The molecule has 0 saturated carbocycles. The van der Waals surface area contributed by atoms with Crippen LogP contribution in [-0.4, -0.2) is 43.2 Å². The number of nitrogens with one attached hydrogen (secondary N) is 1. The van der Waals surface area contributed by atoms with Crippen molar-refractivity contribution < 1.29 is 13.2 Å². The summed E-state index contributed by atoms with van der Waals surface area (Å²) >= 11 is 3.17. The summed E-state index contributed by atoms with van der Waals surface area (Å²) in [5, 5.41) is 2.58. The number of piperazine rings is 1. The molecule has 0 spiro atoms. The number of amides is 1. The van der Waals surface area contributed by atoms with E-state index in [0.29, 0.717) is 11.0 Å². The van der Waals surface area contributed by atoms with Crippen LogP contribution in [0.3, 0.4) is 0 Å². The van der Waals surface area contributed by atoms with Crippen LogP contribution in [0.1, 0.15) is 0 Å². The average molecular weight is 320 g/mol. The van der Waals surface area contributed by atoms with E-state index in [2.05, 4.69) is 26.2 Å². The Bertz CT molecular complexity index is 546. The van der Waals surface area contributed by atoms with E-state index < -0.39 is 10.0 Å². The maximum absolute atomic E-state index is 12.2. The van der Waals surface area contributed by atoms with Crippen molar-refractivity contribution in [3.8, 4) is 0 Å². The predicted molar refractivity (Wildman–Crippen MR) is 63.7 cm³/mol. The molecule has 0 bridgehead atoms. The highest BCUT2D eigenvalue weighted by Gasteiger charge is 2.29. The second-order valence-electron chi connectivity index (χ2n) is 3.53. The number of carbonyl (C=O) groups is 1. The third-order valence-electron chi connectivity index (χ3n) is 2.32. The lowest BCUT2D eigenvalue weighted by molar-refractivity contribution is -0.122. The Morgan fingerprint density at radius 1 is 1.41 bits per heavy atom. The molecule has 6 nitrogen and oxygen atoms in total. The van der Waals surface area contributed by atoms with Crippen LogP contribution in [0.4, 0.5) is 0 Å². The summed E-state index contributed by atoms with van der Waals surface area (Å²) in [7, 11) is -3.64. The summed E-state index contributed by atoms with van der Waals surface area (Å²) in [5.41, 5.74) is 0. The minimum atomic E-state index is -3.64. The number of halogens is 1. The van der Waals surface area contributed by atoms with E-state index in [0.717, 1.165) is 4.31 Å². The smallest absolute Gasteiger partial charge is 0.245 e. The Labute approximate surface area is 107 Å². The molecule has 1 fully saturated rings. The van der Waals surface area contributed by atoms with Gasteiger partial charge in [0.15, 0.2) is 0 Å². The van der Waals surface area contributed by atoms with Gasteiger partial charge in [-0.3, -0.25) is 9.78 Å². The highest BCUT2D eigenvalue weighted by Crippen LogP contribution is 2.18.